The number of aromatic nitrogens is 3. The average Bonchev–Trinajstić information content (AvgIpc) is 2.83. The summed E-state index contributed by atoms with van der Waals surface area (Å²) in [5.74, 6) is 0.985. The average molecular weight is 281 g/mol. The zero-order valence-corrected chi connectivity index (χ0v) is 12.2. The molecule has 3 rings (SSSR count). The first-order valence-electron chi connectivity index (χ1n) is 7.24. The first-order valence-corrected chi connectivity index (χ1v) is 7.24. The molecule has 0 spiro atoms. The van der Waals surface area contributed by atoms with E-state index in [1.807, 2.05) is 12.1 Å². The third-order valence-electron chi connectivity index (χ3n) is 3.56. The lowest BCUT2D eigenvalue weighted by molar-refractivity contribution is 0.287. The number of benzene rings is 1. The molecular weight excluding hydrogens is 262 g/mol. The van der Waals surface area contributed by atoms with Gasteiger partial charge in [-0.25, -0.2) is 9.97 Å². The van der Waals surface area contributed by atoms with Crippen molar-refractivity contribution in [3.05, 3.63) is 59.5 Å². The van der Waals surface area contributed by atoms with Crippen molar-refractivity contribution in [1.29, 1.82) is 0 Å². The monoisotopic (exact) mass is 281 g/mol. The Morgan fingerprint density at radius 3 is 2.90 bits per heavy atom. The summed E-state index contributed by atoms with van der Waals surface area (Å²) >= 11 is 0. The smallest absolute Gasteiger partial charge is 0.160 e. The molecule has 1 N–H and O–H groups in total. The number of hydrogen-bond donors (Lipinski definition) is 1. The molecule has 108 valence electrons. The van der Waals surface area contributed by atoms with Gasteiger partial charge in [-0.1, -0.05) is 29.8 Å². The summed E-state index contributed by atoms with van der Waals surface area (Å²) < 4.78 is 2.15. The van der Waals surface area contributed by atoms with Gasteiger partial charge in [-0.05, 0) is 31.0 Å². The highest BCUT2D eigenvalue weighted by Gasteiger charge is 2.11. The van der Waals surface area contributed by atoms with Crippen LogP contribution in [0.5, 0.6) is 0 Å². The SMILES string of the molecule is Cc1cccc(Cn2c(CCCO)nc3cccnc32)c1. The van der Waals surface area contributed by atoms with E-state index in [4.69, 9.17) is 5.11 Å². The Labute approximate surface area is 124 Å². The first-order chi connectivity index (χ1) is 10.3. The van der Waals surface area contributed by atoms with E-state index in [9.17, 15) is 0 Å². The molecule has 0 aliphatic heterocycles. The second kappa shape index (κ2) is 6.06. The van der Waals surface area contributed by atoms with Crippen molar-refractivity contribution in [1.82, 2.24) is 14.5 Å². The maximum atomic E-state index is 9.07. The van der Waals surface area contributed by atoms with Gasteiger partial charge >= 0.3 is 0 Å². The van der Waals surface area contributed by atoms with Gasteiger partial charge in [-0.15, -0.1) is 0 Å². The Balaban J connectivity index is 2.02. The number of imidazole rings is 1. The second-order valence-electron chi connectivity index (χ2n) is 5.28. The molecule has 0 unspecified atom stereocenters. The van der Waals surface area contributed by atoms with E-state index in [0.717, 1.165) is 36.4 Å². The molecule has 2 aromatic heterocycles. The lowest BCUT2D eigenvalue weighted by Crippen LogP contribution is -2.07. The molecule has 4 heteroatoms. The second-order valence-corrected chi connectivity index (χ2v) is 5.28. The summed E-state index contributed by atoms with van der Waals surface area (Å²) in [4.78, 5) is 9.12. The Kier molecular flexibility index (Phi) is 3.97. The van der Waals surface area contributed by atoms with Gasteiger partial charge in [0.2, 0.25) is 0 Å². The Bertz CT molecular complexity index is 749. The number of rotatable bonds is 5. The van der Waals surface area contributed by atoms with Crippen LogP contribution < -0.4 is 0 Å². The van der Waals surface area contributed by atoms with E-state index in [0.29, 0.717) is 0 Å². The fraction of sp³-hybridized carbons (Fsp3) is 0.294. The highest BCUT2D eigenvalue weighted by molar-refractivity contribution is 5.71. The summed E-state index contributed by atoms with van der Waals surface area (Å²) in [6.45, 7) is 3.04. The van der Waals surface area contributed by atoms with Crippen LogP contribution in [0.4, 0.5) is 0 Å². The van der Waals surface area contributed by atoms with Gasteiger partial charge in [0.1, 0.15) is 11.3 Å². The van der Waals surface area contributed by atoms with E-state index in [2.05, 4.69) is 45.7 Å². The number of aliphatic hydroxyl groups is 1. The quantitative estimate of drug-likeness (QED) is 0.782. The molecule has 0 aliphatic carbocycles. The molecule has 0 saturated heterocycles. The number of hydrogen-bond acceptors (Lipinski definition) is 3. The van der Waals surface area contributed by atoms with Crippen molar-refractivity contribution in [3.63, 3.8) is 0 Å². The molecule has 0 atom stereocenters. The van der Waals surface area contributed by atoms with Crippen molar-refractivity contribution in [2.75, 3.05) is 6.61 Å². The lowest BCUT2D eigenvalue weighted by Gasteiger charge is -2.09. The minimum absolute atomic E-state index is 0.182. The number of aliphatic hydroxyl groups excluding tert-OH is 1. The fourth-order valence-corrected chi connectivity index (χ4v) is 2.59. The molecule has 0 radical (unpaired) electrons. The highest BCUT2D eigenvalue weighted by atomic mass is 16.2. The third kappa shape index (κ3) is 2.95. The van der Waals surface area contributed by atoms with Gasteiger partial charge < -0.3 is 9.67 Å². The maximum absolute atomic E-state index is 9.07. The Morgan fingerprint density at radius 1 is 1.19 bits per heavy atom. The summed E-state index contributed by atoms with van der Waals surface area (Å²) in [6, 6.07) is 12.4. The molecule has 21 heavy (non-hydrogen) atoms. The van der Waals surface area contributed by atoms with Crippen molar-refractivity contribution in [3.8, 4) is 0 Å². The summed E-state index contributed by atoms with van der Waals surface area (Å²) in [5, 5.41) is 9.07. The van der Waals surface area contributed by atoms with Crippen LogP contribution in [-0.4, -0.2) is 26.2 Å². The maximum Gasteiger partial charge on any atom is 0.160 e. The molecule has 3 aromatic rings. The summed E-state index contributed by atoms with van der Waals surface area (Å²) in [7, 11) is 0. The third-order valence-corrected chi connectivity index (χ3v) is 3.56. The van der Waals surface area contributed by atoms with E-state index >= 15 is 0 Å². The van der Waals surface area contributed by atoms with Crippen LogP contribution >= 0.6 is 0 Å². The summed E-state index contributed by atoms with van der Waals surface area (Å²) in [6.07, 6.45) is 3.28. The van der Waals surface area contributed by atoms with Crippen LogP contribution in [-0.2, 0) is 13.0 Å². The Hall–Kier alpha value is -2.20. The zero-order valence-electron chi connectivity index (χ0n) is 12.2. The minimum atomic E-state index is 0.182. The molecule has 1 aromatic carbocycles. The van der Waals surface area contributed by atoms with Crippen LogP contribution in [0.15, 0.2) is 42.6 Å². The standard InChI is InChI=1S/C17H19N3O/c1-13-5-2-6-14(11-13)12-20-16(8-4-10-21)19-15-7-3-9-18-17(15)20/h2-3,5-7,9,11,21H,4,8,10,12H2,1H3. The van der Waals surface area contributed by atoms with Gasteiger partial charge in [0.05, 0.1) is 6.54 Å². The van der Waals surface area contributed by atoms with E-state index in [1.165, 1.54) is 11.1 Å². The molecule has 0 bridgehead atoms. The summed E-state index contributed by atoms with van der Waals surface area (Å²) in [5.41, 5.74) is 4.32. The number of pyridine rings is 1. The van der Waals surface area contributed by atoms with Crippen LogP contribution in [0.3, 0.4) is 0 Å². The van der Waals surface area contributed by atoms with E-state index < -0.39 is 0 Å². The normalized spacial score (nSPS) is 11.1. The predicted octanol–water partition coefficient (Wildman–Crippen LogP) is 2.71. The van der Waals surface area contributed by atoms with Crippen molar-refractivity contribution in [2.24, 2.45) is 0 Å². The lowest BCUT2D eigenvalue weighted by atomic mass is 10.1. The fourth-order valence-electron chi connectivity index (χ4n) is 2.59. The highest BCUT2D eigenvalue weighted by Crippen LogP contribution is 2.17. The van der Waals surface area contributed by atoms with Crippen LogP contribution in [0, 0.1) is 6.92 Å². The molecule has 0 fully saturated rings. The van der Waals surface area contributed by atoms with Crippen LogP contribution in [0.25, 0.3) is 11.2 Å². The molecular formula is C17H19N3O. The number of fused-ring (bicyclic) bond motifs is 1. The molecule has 0 amide bonds. The largest absolute Gasteiger partial charge is 0.396 e. The van der Waals surface area contributed by atoms with Gasteiger partial charge in [0, 0.05) is 19.2 Å². The van der Waals surface area contributed by atoms with E-state index in [1.54, 1.807) is 6.20 Å². The van der Waals surface area contributed by atoms with Gasteiger partial charge in [0.15, 0.2) is 5.65 Å². The van der Waals surface area contributed by atoms with Crippen LogP contribution in [0.2, 0.25) is 0 Å². The van der Waals surface area contributed by atoms with E-state index in [-0.39, 0.29) is 6.61 Å². The topological polar surface area (TPSA) is 50.9 Å². The predicted molar refractivity (Wildman–Crippen MR) is 83.2 cm³/mol. The van der Waals surface area contributed by atoms with Gasteiger partial charge in [-0.2, -0.15) is 0 Å². The number of aryl methyl sites for hydroxylation is 2. The molecule has 0 saturated carbocycles. The van der Waals surface area contributed by atoms with Gasteiger partial charge in [-0.3, -0.25) is 0 Å². The molecule has 0 aliphatic rings. The van der Waals surface area contributed by atoms with Crippen molar-refractivity contribution < 1.29 is 5.11 Å². The molecule has 2 heterocycles. The zero-order chi connectivity index (χ0) is 14.7. The Morgan fingerprint density at radius 2 is 2.10 bits per heavy atom. The number of nitrogens with zero attached hydrogens (tertiary/aromatic N) is 3. The van der Waals surface area contributed by atoms with Crippen molar-refractivity contribution in [2.45, 2.75) is 26.3 Å². The van der Waals surface area contributed by atoms with Gasteiger partial charge in [0.25, 0.3) is 0 Å². The minimum Gasteiger partial charge on any atom is -0.396 e. The first kappa shape index (κ1) is 13.8. The van der Waals surface area contributed by atoms with Crippen molar-refractivity contribution >= 4 is 11.2 Å². The van der Waals surface area contributed by atoms with Crippen LogP contribution in [0.1, 0.15) is 23.4 Å². The molecule has 4 nitrogen and oxygen atoms in total.